The van der Waals surface area contributed by atoms with Crippen LogP contribution in [0.15, 0.2) is 18.2 Å². The van der Waals surface area contributed by atoms with Gasteiger partial charge in [-0.3, -0.25) is 4.79 Å². The number of H-pyrrole nitrogens is 1. The molecule has 0 aliphatic rings. The Labute approximate surface area is 115 Å². The van der Waals surface area contributed by atoms with E-state index < -0.39 is 17.9 Å². The smallest absolute Gasteiger partial charge is 0.326 e. The standard InChI is InChI=1S/C13H16N4O3/c1-2-3-4-10(13(19)20)14-12(18)8-5-6-9-11(7-8)16-17-15-9/h5-7,10H,2-4H2,1H3,(H,14,18)(H,19,20)(H,15,16,17). The average molecular weight is 276 g/mol. The summed E-state index contributed by atoms with van der Waals surface area (Å²) >= 11 is 0. The molecule has 1 heterocycles. The number of rotatable bonds is 6. The second-order valence-electron chi connectivity index (χ2n) is 4.53. The maximum atomic E-state index is 12.1. The fourth-order valence-corrected chi connectivity index (χ4v) is 1.89. The van der Waals surface area contributed by atoms with E-state index in [2.05, 4.69) is 20.7 Å². The monoisotopic (exact) mass is 276 g/mol. The van der Waals surface area contributed by atoms with Gasteiger partial charge in [0.05, 0.1) is 0 Å². The highest BCUT2D eigenvalue weighted by Crippen LogP contribution is 2.11. The van der Waals surface area contributed by atoms with Crippen LogP contribution in [0.4, 0.5) is 0 Å². The Morgan fingerprint density at radius 3 is 2.80 bits per heavy atom. The van der Waals surface area contributed by atoms with E-state index in [1.807, 2.05) is 6.92 Å². The Balaban J connectivity index is 2.10. The van der Waals surface area contributed by atoms with E-state index in [-0.39, 0.29) is 0 Å². The van der Waals surface area contributed by atoms with E-state index in [1.165, 1.54) is 0 Å². The molecule has 106 valence electrons. The Kier molecular flexibility index (Phi) is 4.29. The van der Waals surface area contributed by atoms with Crippen LogP contribution in [0.1, 0.15) is 36.5 Å². The number of benzene rings is 1. The number of nitrogens with one attached hydrogen (secondary N) is 2. The van der Waals surface area contributed by atoms with Crippen molar-refractivity contribution in [1.82, 2.24) is 20.7 Å². The van der Waals surface area contributed by atoms with Crippen LogP contribution in [0.5, 0.6) is 0 Å². The van der Waals surface area contributed by atoms with Gasteiger partial charge in [0.15, 0.2) is 0 Å². The third-order valence-electron chi connectivity index (χ3n) is 3.03. The zero-order valence-corrected chi connectivity index (χ0v) is 11.1. The third-order valence-corrected chi connectivity index (χ3v) is 3.03. The number of carboxylic acids is 1. The number of aromatic amines is 1. The molecule has 0 spiro atoms. The summed E-state index contributed by atoms with van der Waals surface area (Å²) in [4.78, 5) is 23.2. The number of carbonyl (C=O) groups excluding carboxylic acids is 1. The number of carbonyl (C=O) groups is 2. The van der Waals surface area contributed by atoms with E-state index in [9.17, 15) is 9.59 Å². The summed E-state index contributed by atoms with van der Waals surface area (Å²) in [6.45, 7) is 1.97. The number of fused-ring (bicyclic) bond motifs is 1. The Hall–Kier alpha value is -2.44. The SMILES string of the molecule is CCCCC(NC(=O)c1ccc2n[nH]nc2c1)C(=O)O. The van der Waals surface area contributed by atoms with Gasteiger partial charge in [0.2, 0.25) is 0 Å². The number of unbranched alkanes of at least 4 members (excludes halogenated alkanes) is 1. The van der Waals surface area contributed by atoms with Crippen LogP contribution in [0, 0.1) is 0 Å². The number of aliphatic carboxylic acids is 1. The molecule has 20 heavy (non-hydrogen) atoms. The molecule has 7 nitrogen and oxygen atoms in total. The van der Waals surface area contributed by atoms with Gasteiger partial charge in [0.1, 0.15) is 17.1 Å². The van der Waals surface area contributed by atoms with Crippen molar-refractivity contribution in [3.63, 3.8) is 0 Å². The molecule has 0 saturated heterocycles. The maximum Gasteiger partial charge on any atom is 0.326 e. The van der Waals surface area contributed by atoms with E-state index in [4.69, 9.17) is 5.11 Å². The van der Waals surface area contributed by atoms with Gasteiger partial charge in [0, 0.05) is 5.56 Å². The van der Waals surface area contributed by atoms with Crippen LogP contribution >= 0.6 is 0 Å². The molecule has 1 atom stereocenters. The van der Waals surface area contributed by atoms with Gasteiger partial charge >= 0.3 is 5.97 Å². The number of amides is 1. The molecule has 0 radical (unpaired) electrons. The normalized spacial score (nSPS) is 12.2. The van der Waals surface area contributed by atoms with Crippen molar-refractivity contribution in [1.29, 1.82) is 0 Å². The van der Waals surface area contributed by atoms with Crippen LogP contribution in [0.3, 0.4) is 0 Å². The summed E-state index contributed by atoms with van der Waals surface area (Å²) in [5.74, 6) is -1.44. The molecular weight excluding hydrogens is 260 g/mol. The second kappa shape index (κ2) is 6.14. The van der Waals surface area contributed by atoms with Gasteiger partial charge in [-0.05, 0) is 24.6 Å². The molecular formula is C13H16N4O3. The minimum atomic E-state index is -1.02. The Morgan fingerprint density at radius 1 is 1.35 bits per heavy atom. The lowest BCUT2D eigenvalue weighted by atomic mass is 10.1. The Morgan fingerprint density at radius 2 is 2.10 bits per heavy atom. The minimum absolute atomic E-state index is 0.370. The van der Waals surface area contributed by atoms with Crippen molar-refractivity contribution in [2.75, 3.05) is 0 Å². The molecule has 1 aromatic carbocycles. The number of carboxylic acid groups (broad SMARTS) is 1. The fraction of sp³-hybridized carbons (Fsp3) is 0.385. The molecule has 0 fully saturated rings. The quantitative estimate of drug-likeness (QED) is 0.737. The fourth-order valence-electron chi connectivity index (χ4n) is 1.89. The average Bonchev–Trinajstić information content (AvgIpc) is 2.90. The molecule has 2 rings (SSSR count). The lowest BCUT2D eigenvalue weighted by Crippen LogP contribution is -2.40. The lowest BCUT2D eigenvalue weighted by Gasteiger charge is -2.13. The molecule has 0 saturated carbocycles. The first-order chi connectivity index (χ1) is 9.61. The molecule has 3 N–H and O–H groups in total. The minimum Gasteiger partial charge on any atom is -0.480 e. The predicted octanol–water partition coefficient (Wildman–Crippen LogP) is 1.33. The van der Waals surface area contributed by atoms with Gasteiger partial charge in [-0.2, -0.15) is 15.4 Å². The summed E-state index contributed by atoms with van der Waals surface area (Å²) in [6, 6.07) is 3.97. The highest BCUT2D eigenvalue weighted by molar-refractivity contribution is 5.98. The third kappa shape index (κ3) is 3.11. The van der Waals surface area contributed by atoms with E-state index in [1.54, 1.807) is 18.2 Å². The van der Waals surface area contributed by atoms with Gasteiger partial charge in [0.25, 0.3) is 5.91 Å². The van der Waals surface area contributed by atoms with Crippen molar-refractivity contribution >= 4 is 22.9 Å². The molecule has 0 aliphatic carbocycles. The van der Waals surface area contributed by atoms with Crippen LogP contribution in [0.25, 0.3) is 11.0 Å². The van der Waals surface area contributed by atoms with Crippen molar-refractivity contribution < 1.29 is 14.7 Å². The van der Waals surface area contributed by atoms with Crippen LogP contribution < -0.4 is 5.32 Å². The number of aromatic nitrogens is 3. The largest absolute Gasteiger partial charge is 0.480 e. The van der Waals surface area contributed by atoms with Gasteiger partial charge in [-0.15, -0.1) is 0 Å². The van der Waals surface area contributed by atoms with Crippen LogP contribution in [-0.2, 0) is 4.79 Å². The highest BCUT2D eigenvalue weighted by Gasteiger charge is 2.20. The summed E-state index contributed by atoms with van der Waals surface area (Å²) in [5.41, 5.74) is 1.59. The summed E-state index contributed by atoms with van der Waals surface area (Å²) in [5, 5.41) is 21.9. The molecule has 7 heteroatoms. The lowest BCUT2D eigenvalue weighted by molar-refractivity contribution is -0.139. The Bertz CT molecular complexity index is 623. The second-order valence-corrected chi connectivity index (χ2v) is 4.53. The predicted molar refractivity (Wildman–Crippen MR) is 72.3 cm³/mol. The number of hydrogen-bond acceptors (Lipinski definition) is 4. The molecule has 1 unspecified atom stereocenters. The van der Waals surface area contributed by atoms with Crippen LogP contribution in [-0.4, -0.2) is 38.4 Å². The van der Waals surface area contributed by atoms with Crippen molar-refractivity contribution in [2.24, 2.45) is 0 Å². The van der Waals surface area contributed by atoms with Crippen molar-refractivity contribution in [3.8, 4) is 0 Å². The summed E-state index contributed by atoms with van der Waals surface area (Å²) in [6.07, 6.45) is 2.05. The summed E-state index contributed by atoms with van der Waals surface area (Å²) < 4.78 is 0. The topological polar surface area (TPSA) is 108 Å². The van der Waals surface area contributed by atoms with Crippen LogP contribution in [0.2, 0.25) is 0 Å². The number of hydrogen-bond donors (Lipinski definition) is 3. The first-order valence-electron chi connectivity index (χ1n) is 6.46. The molecule has 1 amide bonds. The molecule has 2 aromatic rings. The van der Waals surface area contributed by atoms with Gasteiger partial charge in [-0.25, -0.2) is 4.79 Å². The zero-order chi connectivity index (χ0) is 14.5. The maximum absolute atomic E-state index is 12.1. The first kappa shape index (κ1) is 14.0. The highest BCUT2D eigenvalue weighted by atomic mass is 16.4. The van der Waals surface area contributed by atoms with E-state index in [0.717, 1.165) is 12.8 Å². The van der Waals surface area contributed by atoms with Crippen molar-refractivity contribution in [3.05, 3.63) is 23.8 Å². The van der Waals surface area contributed by atoms with E-state index in [0.29, 0.717) is 23.0 Å². The summed E-state index contributed by atoms with van der Waals surface area (Å²) in [7, 11) is 0. The first-order valence-corrected chi connectivity index (χ1v) is 6.46. The van der Waals surface area contributed by atoms with Gasteiger partial charge in [-0.1, -0.05) is 19.8 Å². The molecule has 1 aromatic heterocycles. The zero-order valence-electron chi connectivity index (χ0n) is 11.1. The van der Waals surface area contributed by atoms with E-state index >= 15 is 0 Å². The molecule has 0 bridgehead atoms. The molecule has 0 aliphatic heterocycles. The van der Waals surface area contributed by atoms with Gasteiger partial charge < -0.3 is 10.4 Å². The number of nitrogens with zero attached hydrogens (tertiary/aromatic N) is 2. The van der Waals surface area contributed by atoms with Crippen molar-refractivity contribution in [2.45, 2.75) is 32.2 Å².